The molecule has 2 aliphatic rings. The van der Waals surface area contributed by atoms with Crippen LogP contribution in [-0.4, -0.2) is 46.6 Å². The van der Waals surface area contributed by atoms with Gasteiger partial charge in [0.25, 0.3) is 0 Å². The van der Waals surface area contributed by atoms with Gasteiger partial charge in [0.15, 0.2) is 11.6 Å². The van der Waals surface area contributed by atoms with E-state index in [4.69, 9.17) is 27.0 Å². The molecule has 7 nitrogen and oxygen atoms in total. The number of nitrogens with zero attached hydrogens (tertiary/aromatic N) is 3. The van der Waals surface area contributed by atoms with E-state index in [9.17, 15) is 4.39 Å². The summed E-state index contributed by atoms with van der Waals surface area (Å²) in [6, 6.07) is 3.81. The molecule has 4 rings (SSSR count). The number of hydrogen-bond acceptors (Lipinski definition) is 7. The molecule has 8 heteroatoms. The molecule has 2 heterocycles. The van der Waals surface area contributed by atoms with Crippen LogP contribution in [-0.2, 0) is 4.74 Å². The number of nitrogens with one attached hydrogen (secondary N) is 1. The van der Waals surface area contributed by atoms with E-state index in [0.29, 0.717) is 30.3 Å². The van der Waals surface area contributed by atoms with Gasteiger partial charge in [-0.3, -0.25) is 5.41 Å². The molecule has 1 aromatic heterocycles. The minimum Gasteiger partial charge on any atom is -0.484 e. The lowest BCUT2D eigenvalue weighted by Gasteiger charge is -2.39. The number of halogens is 1. The van der Waals surface area contributed by atoms with Gasteiger partial charge in [-0.15, -0.1) is 13.0 Å². The minimum atomic E-state index is -0.551. The highest BCUT2D eigenvalue weighted by atomic mass is 19.1. The average molecular weight is 421 g/mol. The van der Waals surface area contributed by atoms with E-state index >= 15 is 0 Å². The third-order valence-electron chi connectivity index (χ3n) is 5.58. The zero-order valence-corrected chi connectivity index (χ0v) is 17.3. The molecule has 0 spiro atoms. The van der Waals surface area contributed by atoms with Crippen molar-refractivity contribution >= 4 is 17.2 Å². The predicted molar refractivity (Wildman–Crippen MR) is 117 cm³/mol. The highest BCUT2D eigenvalue weighted by molar-refractivity contribution is 6.13. The van der Waals surface area contributed by atoms with E-state index in [0.717, 1.165) is 12.8 Å². The van der Waals surface area contributed by atoms with Crippen molar-refractivity contribution in [3.05, 3.63) is 54.3 Å². The predicted octanol–water partition coefficient (Wildman–Crippen LogP) is 2.94. The Morgan fingerprint density at radius 3 is 2.87 bits per heavy atom. The van der Waals surface area contributed by atoms with Gasteiger partial charge in [-0.25, -0.2) is 14.4 Å². The number of anilines is 2. The first-order valence-corrected chi connectivity index (χ1v) is 9.99. The number of nitrogens with two attached hydrogens (primary N) is 1. The van der Waals surface area contributed by atoms with E-state index in [1.165, 1.54) is 18.5 Å². The van der Waals surface area contributed by atoms with Crippen LogP contribution in [0.3, 0.4) is 0 Å². The minimum absolute atomic E-state index is 0.0348. The molecule has 2 aromatic rings. The summed E-state index contributed by atoms with van der Waals surface area (Å²) < 4.78 is 25.7. The summed E-state index contributed by atoms with van der Waals surface area (Å²) >= 11 is 0. The number of rotatable bonds is 6. The Kier molecular flexibility index (Phi) is 5.38. The van der Waals surface area contributed by atoms with Gasteiger partial charge in [-0.2, -0.15) is 0 Å². The largest absolute Gasteiger partial charge is 0.484 e. The zero-order chi connectivity index (χ0) is 22.2. The molecule has 3 N–H and O–H groups in total. The number of nitrogen functional groups attached to an aromatic ring is 1. The second-order valence-corrected chi connectivity index (χ2v) is 7.99. The maximum atomic E-state index is 14.4. The summed E-state index contributed by atoms with van der Waals surface area (Å²) in [4.78, 5) is 10.5. The molecule has 0 amide bonds. The molecule has 2 atom stereocenters. The number of hydrogen-bond donors (Lipinski definition) is 2. The first-order valence-electron chi connectivity index (χ1n) is 9.99. The molecule has 0 unspecified atom stereocenters. The molecule has 1 aliphatic carbocycles. The van der Waals surface area contributed by atoms with Crippen LogP contribution in [0.5, 0.6) is 5.75 Å². The van der Waals surface area contributed by atoms with Gasteiger partial charge in [0, 0.05) is 23.4 Å². The second kappa shape index (κ2) is 8.00. The molecule has 0 radical (unpaired) electrons. The fourth-order valence-corrected chi connectivity index (χ4v) is 3.50. The normalized spacial score (nSPS) is 21.8. The molecular weight excluding hydrogens is 397 g/mol. The summed E-state index contributed by atoms with van der Waals surface area (Å²) in [5.41, 5.74) is 6.50. The van der Waals surface area contributed by atoms with E-state index in [1.54, 1.807) is 12.1 Å². The summed E-state index contributed by atoms with van der Waals surface area (Å²) in [6.07, 6.45) is 10.5. The highest BCUT2D eigenvalue weighted by Gasteiger charge is 2.40. The van der Waals surface area contributed by atoms with Gasteiger partial charge in [-0.1, -0.05) is 12.0 Å². The molecule has 1 saturated heterocycles. The summed E-state index contributed by atoms with van der Waals surface area (Å²) in [6.45, 7) is 6.57. The van der Waals surface area contributed by atoms with Crippen molar-refractivity contribution in [3.8, 4) is 18.1 Å². The maximum Gasteiger partial charge on any atom is 0.167 e. The highest BCUT2D eigenvalue weighted by Crippen LogP contribution is 2.41. The van der Waals surface area contributed by atoms with Crippen molar-refractivity contribution in [1.29, 1.82) is 5.41 Å². The van der Waals surface area contributed by atoms with Crippen molar-refractivity contribution in [2.24, 2.45) is 0 Å². The number of aromatic nitrogens is 2. The third-order valence-corrected chi connectivity index (χ3v) is 5.58. The van der Waals surface area contributed by atoms with Crippen LogP contribution in [0.1, 0.15) is 31.0 Å². The van der Waals surface area contributed by atoms with E-state index in [2.05, 4.69) is 22.5 Å². The first kappa shape index (κ1) is 20.8. The molecule has 0 bridgehead atoms. The van der Waals surface area contributed by atoms with Crippen LogP contribution in [0.15, 0.2) is 37.2 Å². The summed E-state index contributed by atoms with van der Waals surface area (Å²) in [7, 11) is 0. The Bertz CT molecular complexity index is 1080. The second-order valence-electron chi connectivity index (χ2n) is 7.99. The number of benzene rings is 1. The number of ether oxygens (including phenoxy) is 2. The molecule has 31 heavy (non-hydrogen) atoms. The Morgan fingerprint density at radius 2 is 2.19 bits per heavy atom. The number of terminal acetylenes is 1. The van der Waals surface area contributed by atoms with Crippen LogP contribution in [0.4, 0.5) is 15.9 Å². The fraction of sp³-hybridized carbons (Fsp3) is 0.348. The monoisotopic (exact) mass is 421 g/mol. The van der Waals surface area contributed by atoms with Crippen LogP contribution in [0.25, 0.3) is 0 Å². The third kappa shape index (κ3) is 4.09. The Hall–Kier alpha value is -3.44. The summed E-state index contributed by atoms with van der Waals surface area (Å²) in [5.74, 6) is 2.79. The smallest absolute Gasteiger partial charge is 0.167 e. The van der Waals surface area contributed by atoms with Gasteiger partial charge in [-0.05, 0) is 25.8 Å². The topological polar surface area (TPSA) is 97.3 Å². The molecule has 1 aliphatic heterocycles. The van der Waals surface area contributed by atoms with Crippen LogP contribution in [0, 0.1) is 23.6 Å². The van der Waals surface area contributed by atoms with Gasteiger partial charge >= 0.3 is 0 Å². The number of morpholine rings is 1. The maximum absolute atomic E-state index is 14.4. The van der Waals surface area contributed by atoms with E-state index in [1.807, 2.05) is 11.8 Å². The lowest BCUT2D eigenvalue weighted by Crippen LogP contribution is -2.51. The van der Waals surface area contributed by atoms with Crippen molar-refractivity contribution < 1.29 is 13.9 Å². The van der Waals surface area contributed by atoms with Crippen molar-refractivity contribution in [3.63, 3.8) is 0 Å². The van der Waals surface area contributed by atoms with Gasteiger partial charge < -0.3 is 20.1 Å². The molecule has 1 aromatic carbocycles. The summed E-state index contributed by atoms with van der Waals surface area (Å²) in [5, 5.41) is 8.67. The van der Waals surface area contributed by atoms with E-state index < -0.39 is 5.82 Å². The first-order chi connectivity index (χ1) is 14.8. The average Bonchev–Trinajstić information content (AvgIpc) is 3.51. The Labute approximate surface area is 180 Å². The van der Waals surface area contributed by atoms with Crippen LogP contribution >= 0.6 is 0 Å². The molecule has 2 fully saturated rings. The van der Waals surface area contributed by atoms with Gasteiger partial charge in [0.2, 0.25) is 0 Å². The standard InChI is InChI=1S/C23H24FN5O2/c1-4-14-11-30-12-15(5-2)29(14)21-10-19(27-13-28-21)22(26)16-8-20(17(24)9-18(16)25)31-23(3)6-7-23/h1,5,8-10,13-15,26H,2,6-7,11-12,25H2,3H3/t14-,15+/m0/s1. The molecule has 1 saturated carbocycles. The lowest BCUT2D eigenvalue weighted by molar-refractivity contribution is 0.0908. The Morgan fingerprint density at radius 1 is 1.42 bits per heavy atom. The lowest BCUT2D eigenvalue weighted by atomic mass is 10.0. The van der Waals surface area contributed by atoms with Crippen molar-refractivity contribution in [1.82, 2.24) is 9.97 Å². The SMILES string of the molecule is C#C[C@H]1COC[C@@H](C=C)N1c1cc(C(=N)c2cc(OC3(C)CC3)c(F)cc2N)ncn1. The van der Waals surface area contributed by atoms with Gasteiger partial charge in [0.1, 0.15) is 23.8 Å². The fourth-order valence-electron chi connectivity index (χ4n) is 3.50. The molecular formula is C23H24FN5O2. The van der Waals surface area contributed by atoms with E-state index in [-0.39, 0.29) is 34.8 Å². The van der Waals surface area contributed by atoms with Crippen LogP contribution in [0.2, 0.25) is 0 Å². The van der Waals surface area contributed by atoms with Crippen molar-refractivity contribution in [2.45, 2.75) is 37.5 Å². The van der Waals surface area contributed by atoms with Crippen molar-refractivity contribution in [2.75, 3.05) is 23.8 Å². The molecule has 160 valence electrons. The Balaban J connectivity index is 1.68. The van der Waals surface area contributed by atoms with Crippen LogP contribution < -0.4 is 15.4 Å². The van der Waals surface area contributed by atoms with Gasteiger partial charge in [0.05, 0.1) is 30.7 Å². The zero-order valence-electron chi connectivity index (χ0n) is 17.3. The quantitative estimate of drug-likeness (QED) is 0.322.